The Morgan fingerprint density at radius 2 is 2.00 bits per heavy atom. The Hall–Kier alpha value is -1.86. The molecule has 0 amide bonds. The van der Waals surface area contributed by atoms with Crippen molar-refractivity contribution in [2.24, 2.45) is 11.1 Å². The maximum atomic E-state index is 12.7. The number of aromatic amines is 1. The summed E-state index contributed by atoms with van der Waals surface area (Å²) in [4.78, 5) is 31.5. The Labute approximate surface area is 183 Å². The lowest BCUT2D eigenvalue weighted by Gasteiger charge is -2.21. The second-order valence-electron chi connectivity index (χ2n) is 7.69. The summed E-state index contributed by atoms with van der Waals surface area (Å²) in [6, 6.07) is 0. The third-order valence-corrected chi connectivity index (χ3v) is 6.38. The van der Waals surface area contributed by atoms with Crippen LogP contribution in [0.4, 0.5) is 0 Å². The highest BCUT2D eigenvalue weighted by Gasteiger charge is 2.40. The van der Waals surface area contributed by atoms with Crippen LogP contribution in [0.1, 0.15) is 31.6 Å². The van der Waals surface area contributed by atoms with E-state index in [4.69, 9.17) is 23.4 Å². The molecular weight excluding hydrogens is 449 g/mol. The van der Waals surface area contributed by atoms with E-state index in [1.807, 2.05) is 0 Å². The lowest BCUT2D eigenvalue weighted by molar-refractivity contribution is -0.169. The molecule has 0 aromatic carbocycles. The summed E-state index contributed by atoms with van der Waals surface area (Å²) >= 11 is 0. The Bertz CT molecular complexity index is 978. The monoisotopic (exact) mass is 477 g/mol. The Morgan fingerprint density at radius 1 is 1.28 bits per heavy atom. The minimum absolute atomic E-state index is 0.133. The van der Waals surface area contributed by atoms with Gasteiger partial charge in [-0.25, -0.2) is 4.79 Å². The third-order valence-electron chi connectivity index (χ3n) is 5.14. The number of H-pyrrole nitrogens is 1. The largest absolute Gasteiger partial charge is 0.390 e. The molecule has 3 heterocycles. The number of aliphatic hydroxyl groups is 2. The lowest BCUT2D eigenvalue weighted by Crippen LogP contribution is -2.33. The number of aliphatic hydroxyl groups excluding tert-OH is 2. The van der Waals surface area contributed by atoms with Crippen molar-refractivity contribution in [2.45, 2.75) is 57.7 Å². The molecule has 2 aliphatic rings. The fourth-order valence-electron chi connectivity index (χ4n) is 3.40. The smallest absolute Gasteiger partial charge is 0.330 e. The highest BCUT2D eigenvalue weighted by atomic mass is 31.2. The molecular formula is C18H28N3O10P. The predicted octanol–water partition coefficient (Wildman–Crippen LogP) is 0.0528. The third kappa shape index (κ3) is 6.13. The molecule has 1 aromatic rings. The highest BCUT2D eigenvalue weighted by Crippen LogP contribution is 2.46. The van der Waals surface area contributed by atoms with E-state index in [1.54, 1.807) is 13.8 Å². The minimum Gasteiger partial charge on any atom is -0.390 e. The van der Waals surface area contributed by atoms with Crippen LogP contribution >= 0.6 is 7.60 Å². The molecule has 2 aliphatic heterocycles. The van der Waals surface area contributed by atoms with Crippen molar-refractivity contribution in [3.8, 4) is 0 Å². The Kier molecular flexibility index (Phi) is 8.04. The molecule has 13 nitrogen and oxygen atoms in total. The number of hydrogen-bond acceptors (Lipinski definition) is 11. The van der Waals surface area contributed by atoms with E-state index < -0.39 is 55.8 Å². The summed E-state index contributed by atoms with van der Waals surface area (Å²) in [5.74, 6) is -0.542. The zero-order valence-corrected chi connectivity index (χ0v) is 18.8. The van der Waals surface area contributed by atoms with E-state index in [9.17, 15) is 24.4 Å². The number of rotatable bonds is 9. The molecule has 0 aliphatic carbocycles. The molecule has 0 spiro atoms. The quantitative estimate of drug-likeness (QED) is 0.251. The van der Waals surface area contributed by atoms with Gasteiger partial charge in [0.15, 0.2) is 18.7 Å². The molecule has 0 radical (unpaired) electrons. The van der Waals surface area contributed by atoms with Gasteiger partial charge in [0, 0.05) is 43.4 Å². The number of nitrogens with one attached hydrogen (secondary N) is 1. The summed E-state index contributed by atoms with van der Waals surface area (Å²) < 4.78 is 35.4. The second-order valence-corrected chi connectivity index (χ2v) is 9.75. The number of aryl methyl sites for hydroxylation is 1. The van der Waals surface area contributed by atoms with E-state index in [-0.39, 0.29) is 26.1 Å². The van der Waals surface area contributed by atoms with E-state index in [0.29, 0.717) is 5.56 Å². The van der Waals surface area contributed by atoms with Crippen LogP contribution in [0.15, 0.2) is 20.9 Å². The maximum Gasteiger partial charge on any atom is 0.330 e. The average Bonchev–Trinajstić information content (AvgIpc) is 3.28. The van der Waals surface area contributed by atoms with Gasteiger partial charge in [-0.3, -0.25) is 18.9 Å². The molecule has 2 saturated heterocycles. The standard InChI is InChI=1S/C18H28N3O10P/c1-4-19-31-12-6-14(21-7-10(2)16(23)20-18(21)25)29-13(12)9-28-32(3,26)27-8-11-5-15(22)30-17(11)24/h4,7,11-15,17,22,24H,5-6,8-9H2,1-3H3,(H,20,23,25)/b19-4+/t11-,12+,13+,14+,15+,17-,32?/m0/s1. The fourth-order valence-corrected chi connectivity index (χ4v) is 4.36. The molecule has 3 N–H and O–H groups in total. The van der Waals surface area contributed by atoms with Crippen LogP contribution in [-0.4, -0.2) is 70.6 Å². The van der Waals surface area contributed by atoms with Gasteiger partial charge >= 0.3 is 13.3 Å². The molecule has 0 bridgehead atoms. The van der Waals surface area contributed by atoms with Crippen molar-refractivity contribution in [3.05, 3.63) is 32.6 Å². The van der Waals surface area contributed by atoms with Crippen LogP contribution in [0.5, 0.6) is 0 Å². The number of nitrogens with zero attached hydrogens (tertiary/aromatic N) is 2. The molecule has 1 aromatic heterocycles. The van der Waals surface area contributed by atoms with Crippen LogP contribution in [0.3, 0.4) is 0 Å². The first-order valence-electron chi connectivity index (χ1n) is 10.1. The van der Waals surface area contributed by atoms with Gasteiger partial charge in [0.05, 0.1) is 13.2 Å². The predicted molar refractivity (Wildman–Crippen MR) is 110 cm³/mol. The summed E-state index contributed by atoms with van der Waals surface area (Å²) in [5, 5.41) is 22.8. The number of hydrogen-bond donors (Lipinski definition) is 3. The van der Waals surface area contributed by atoms with Crippen LogP contribution in [-0.2, 0) is 27.9 Å². The first kappa shape index (κ1) is 24.8. The van der Waals surface area contributed by atoms with Crippen molar-refractivity contribution < 1.29 is 38.1 Å². The zero-order valence-electron chi connectivity index (χ0n) is 17.9. The van der Waals surface area contributed by atoms with Crippen molar-refractivity contribution in [3.63, 3.8) is 0 Å². The van der Waals surface area contributed by atoms with Crippen LogP contribution < -0.4 is 11.2 Å². The average molecular weight is 477 g/mol. The normalized spacial score (nSPS) is 32.4. The number of oxime groups is 1. The fraction of sp³-hybridized carbons (Fsp3) is 0.722. The Balaban J connectivity index is 1.63. The van der Waals surface area contributed by atoms with Gasteiger partial charge in [-0.15, -0.1) is 0 Å². The molecule has 0 saturated carbocycles. The van der Waals surface area contributed by atoms with Crippen molar-refractivity contribution in [1.29, 1.82) is 0 Å². The first-order valence-corrected chi connectivity index (χ1v) is 12.1. The van der Waals surface area contributed by atoms with Crippen molar-refractivity contribution in [1.82, 2.24) is 9.55 Å². The van der Waals surface area contributed by atoms with Gasteiger partial charge in [-0.2, -0.15) is 0 Å². The number of ether oxygens (including phenoxy) is 2. The van der Waals surface area contributed by atoms with Gasteiger partial charge < -0.3 is 33.6 Å². The summed E-state index contributed by atoms with van der Waals surface area (Å²) in [6.07, 6.45) is -1.21. The molecule has 14 heteroatoms. The minimum atomic E-state index is -3.55. The summed E-state index contributed by atoms with van der Waals surface area (Å²) in [6.45, 7) is 4.19. The SMILES string of the molecule is C/C=N/O[C@@H]1C[C@H](n2cc(C)c(=O)[nH]c2=O)O[C@@H]1COP(C)(=O)OC[C@@H]1C[C@H](O)O[C@@H]1O. The highest BCUT2D eigenvalue weighted by molar-refractivity contribution is 7.52. The van der Waals surface area contributed by atoms with Crippen LogP contribution in [0.25, 0.3) is 0 Å². The van der Waals surface area contributed by atoms with Crippen LogP contribution in [0.2, 0.25) is 0 Å². The molecule has 32 heavy (non-hydrogen) atoms. The van der Waals surface area contributed by atoms with Crippen LogP contribution in [0, 0.1) is 12.8 Å². The van der Waals surface area contributed by atoms with Gasteiger partial charge in [0.25, 0.3) is 5.56 Å². The second kappa shape index (κ2) is 10.4. The Morgan fingerprint density at radius 3 is 2.66 bits per heavy atom. The molecule has 180 valence electrons. The number of aromatic nitrogens is 2. The summed E-state index contributed by atoms with van der Waals surface area (Å²) in [7, 11) is -3.55. The van der Waals surface area contributed by atoms with E-state index in [1.165, 1.54) is 23.6 Å². The first-order chi connectivity index (χ1) is 15.1. The topological polar surface area (TPSA) is 171 Å². The molecule has 2 fully saturated rings. The molecule has 1 unspecified atom stereocenters. The molecule has 7 atom stereocenters. The summed E-state index contributed by atoms with van der Waals surface area (Å²) in [5.41, 5.74) is -0.776. The van der Waals surface area contributed by atoms with E-state index >= 15 is 0 Å². The molecule has 3 rings (SSSR count). The van der Waals surface area contributed by atoms with E-state index in [2.05, 4.69) is 10.1 Å². The maximum absolute atomic E-state index is 12.7. The van der Waals surface area contributed by atoms with Crippen molar-refractivity contribution in [2.75, 3.05) is 19.9 Å². The van der Waals surface area contributed by atoms with Gasteiger partial charge in [0.1, 0.15) is 12.3 Å². The van der Waals surface area contributed by atoms with Gasteiger partial charge in [-0.1, -0.05) is 5.16 Å². The lowest BCUT2D eigenvalue weighted by atomic mass is 10.1. The van der Waals surface area contributed by atoms with Gasteiger partial charge in [0.2, 0.25) is 0 Å². The zero-order chi connectivity index (χ0) is 23.5. The van der Waals surface area contributed by atoms with Gasteiger partial charge in [-0.05, 0) is 13.8 Å². The van der Waals surface area contributed by atoms with Crippen molar-refractivity contribution >= 4 is 13.8 Å². The van der Waals surface area contributed by atoms with E-state index in [0.717, 1.165) is 0 Å².